The van der Waals surface area contributed by atoms with Gasteiger partial charge in [0.25, 0.3) is 16.7 Å². The van der Waals surface area contributed by atoms with Gasteiger partial charge < -0.3 is 14.7 Å². The first kappa shape index (κ1) is 17.1. The molecule has 0 atom stereocenters. The fourth-order valence-corrected chi connectivity index (χ4v) is 3.47. The van der Waals surface area contributed by atoms with Crippen LogP contribution in [0.1, 0.15) is 15.9 Å². The van der Waals surface area contributed by atoms with Crippen LogP contribution in [-0.2, 0) is 5.75 Å². The molecule has 6 nitrogen and oxygen atoms in total. The number of hydrogen-bond donors (Lipinski definition) is 2. The van der Waals surface area contributed by atoms with Gasteiger partial charge in [0.15, 0.2) is 5.58 Å². The summed E-state index contributed by atoms with van der Waals surface area (Å²) in [4.78, 5) is 31.4. The van der Waals surface area contributed by atoms with Crippen molar-refractivity contribution in [1.82, 2.24) is 9.97 Å². The van der Waals surface area contributed by atoms with Gasteiger partial charge in [0, 0.05) is 17.5 Å². The maximum absolute atomic E-state index is 12.6. The van der Waals surface area contributed by atoms with Crippen LogP contribution in [-0.4, -0.2) is 15.9 Å². The molecule has 0 saturated heterocycles. The second-order valence-electron chi connectivity index (χ2n) is 5.76. The summed E-state index contributed by atoms with van der Waals surface area (Å²) in [7, 11) is 0. The number of carbonyl (C=O) groups excluding carboxylic acids is 1. The first-order valence-corrected chi connectivity index (χ1v) is 9.24. The molecule has 134 valence electrons. The van der Waals surface area contributed by atoms with E-state index >= 15 is 0 Å². The molecule has 0 bridgehead atoms. The van der Waals surface area contributed by atoms with Gasteiger partial charge in [-0.15, -0.1) is 0 Å². The van der Waals surface area contributed by atoms with Gasteiger partial charge in [-0.2, -0.15) is 0 Å². The van der Waals surface area contributed by atoms with E-state index in [9.17, 15) is 9.59 Å². The van der Waals surface area contributed by atoms with Crippen LogP contribution >= 0.6 is 11.8 Å². The van der Waals surface area contributed by atoms with Gasteiger partial charge in [-0.05, 0) is 35.9 Å². The van der Waals surface area contributed by atoms with Crippen LogP contribution in [0.25, 0.3) is 11.1 Å². The second kappa shape index (κ2) is 7.51. The standard InChI is InChI=1S/C20H15N3O3S/c24-18(22-16-9-5-11-21-19(16)25)14-7-2-1-6-13(14)12-27-20-23-15-8-3-4-10-17(15)26-20/h1-11H,12H2,(H,21,25)(H,22,24). The van der Waals surface area contributed by atoms with Crippen LogP contribution < -0.4 is 10.9 Å². The average molecular weight is 377 g/mol. The molecule has 2 aromatic heterocycles. The monoisotopic (exact) mass is 377 g/mol. The van der Waals surface area contributed by atoms with Crippen LogP contribution in [0.5, 0.6) is 0 Å². The third-order valence-electron chi connectivity index (χ3n) is 3.95. The van der Waals surface area contributed by atoms with E-state index in [0.717, 1.165) is 16.7 Å². The highest BCUT2D eigenvalue weighted by Gasteiger charge is 2.14. The lowest BCUT2D eigenvalue weighted by Crippen LogP contribution is -2.20. The zero-order chi connectivity index (χ0) is 18.6. The predicted octanol–water partition coefficient (Wildman–Crippen LogP) is 4.06. The lowest BCUT2D eigenvalue weighted by atomic mass is 10.1. The molecule has 0 fully saturated rings. The molecular formula is C20H15N3O3S. The van der Waals surface area contributed by atoms with Gasteiger partial charge in [-0.25, -0.2) is 4.98 Å². The van der Waals surface area contributed by atoms with Crippen molar-refractivity contribution >= 4 is 34.5 Å². The first-order chi connectivity index (χ1) is 13.2. The van der Waals surface area contributed by atoms with Crippen molar-refractivity contribution < 1.29 is 9.21 Å². The number of aromatic amines is 1. The number of anilines is 1. The number of oxazole rings is 1. The van der Waals surface area contributed by atoms with Crippen molar-refractivity contribution in [3.63, 3.8) is 0 Å². The zero-order valence-corrected chi connectivity index (χ0v) is 15.0. The van der Waals surface area contributed by atoms with E-state index < -0.39 is 0 Å². The van der Waals surface area contributed by atoms with Crippen LogP contribution in [0.3, 0.4) is 0 Å². The number of fused-ring (bicyclic) bond motifs is 1. The van der Waals surface area contributed by atoms with Crippen LogP contribution in [0.15, 0.2) is 81.3 Å². The highest BCUT2D eigenvalue weighted by molar-refractivity contribution is 7.98. The van der Waals surface area contributed by atoms with E-state index in [0.29, 0.717) is 16.5 Å². The average Bonchev–Trinajstić information content (AvgIpc) is 3.11. The van der Waals surface area contributed by atoms with Crippen LogP contribution in [0.2, 0.25) is 0 Å². The maximum Gasteiger partial charge on any atom is 0.271 e. The van der Waals surface area contributed by atoms with Crippen molar-refractivity contribution in [2.24, 2.45) is 0 Å². The van der Waals surface area contributed by atoms with Gasteiger partial charge in [-0.3, -0.25) is 9.59 Å². The van der Waals surface area contributed by atoms with E-state index in [-0.39, 0.29) is 17.2 Å². The molecule has 27 heavy (non-hydrogen) atoms. The van der Waals surface area contributed by atoms with Gasteiger partial charge in [0.1, 0.15) is 11.2 Å². The minimum absolute atomic E-state index is 0.212. The highest BCUT2D eigenvalue weighted by Crippen LogP contribution is 2.27. The second-order valence-corrected chi connectivity index (χ2v) is 6.69. The smallest absolute Gasteiger partial charge is 0.271 e. The summed E-state index contributed by atoms with van der Waals surface area (Å²) in [6.45, 7) is 0. The minimum atomic E-state index is -0.343. The molecule has 1 amide bonds. The van der Waals surface area contributed by atoms with Crippen molar-refractivity contribution in [3.05, 3.63) is 88.3 Å². The zero-order valence-electron chi connectivity index (χ0n) is 14.1. The molecule has 0 aliphatic carbocycles. The number of para-hydroxylation sites is 2. The van der Waals surface area contributed by atoms with E-state index in [4.69, 9.17) is 4.42 Å². The summed E-state index contributed by atoms with van der Waals surface area (Å²) < 4.78 is 5.71. The number of hydrogen-bond acceptors (Lipinski definition) is 5. The summed E-state index contributed by atoms with van der Waals surface area (Å²) in [5, 5.41) is 3.20. The number of H-pyrrole nitrogens is 1. The van der Waals surface area contributed by atoms with E-state index in [1.807, 2.05) is 36.4 Å². The predicted molar refractivity (Wildman–Crippen MR) is 105 cm³/mol. The molecule has 0 aliphatic rings. The minimum Gasteiger partial charge on any atom is -0.431 e. The molecular weight excluding hydrogens is 362 g/mol. The Labute approximate surface area is 158 Å². The van der Waals surface area contributed by atoms with Crippen LogP contribution in [0.4, 0.5) is 5.69 Å². The van der Waals surface area contributed by atoms with Crippen molar-refractivity contribution in [3.8, 4) is 0 Å². The van der Waals surface area contributed by atoms with Crippen molar-refractivity contribution in [2.75, 3.05) is 5.32 Å². The fraction of sp³-hybridized carbons (Fsp3) is 0.0500. The first-order valence-electron chi connectivity index (χ1n) is 8.26. The summed E-state index contributed by atoms with van der Waals surface area (Å²) >= 11 is 1.41. The Morgan fingerprint density at radius 3 is 2.74 bits per heavy atom. The third kappa shape index (κ3) is 3.78. The lowest BCUT2D eigenvalue weighted by Gasteiger charge is -2.09. The molecule has 0 spiro atoms. The lowest BCUT2D eigenvalue weighted by molar-refractivity contribution is 0.102. The van der Waals surface area contributed by atoms with Gasteiger partial charge in [0.05, 0.1) is 0 Å². The summed E-state index contributed by atoms with van der Waals surface area (Å²) in [5.41, 5.74) is 2.73. The van der Waals surface area contributed by atoms with E-state index in [2.05, 4.69) is 15.3 Å². The molecule has 2 aromatic carbocycles. The Hall–Kier alpha value is -3.32. The fourth-order valence-electron chi connectivity index (χ4n) is 2.63. The summed E-state index contributed by atoms with van der Waals surface area (Å²) in [6.07, 6.45) is 1.52. The number of amides is 1. The quantitative estimate of drug-likeness (QED) is 0.512. The number of thioether (sulfide) groups is 1. The molecule has 0 unspecified atom stereocenters. The highest BCUT2D eigenvalue weighted by atomic mass is 32.2. The number of aromatic nitrogens is 2. The number of pyridine rings is 1. The Bertz CT molecular complexity index is 1130. The molecule has 2 N–H and O–H groups in total. The number of nitrogens with zero attached hydrogens (tertiary/aromatic N) is 1. The summed E-state index contributed by atoms with van der Waals surface area (Å²) in [6, 6.07) is 18.0. The van der Waals surface area contributed by atoms with Gasteiger partial charge >= 0.3 is 0 Å². The van der Waals surface area contributed by atoms with Crippen LogP contribution in [0, 0.1) is 0 Å². The molecule has 4 aromatic rings. The Balaban J connectivity index is 1.53. The largest absolute Gasteiger partial charge is 0.431 e. The van der Waals surface area contributed by atoms with E-state index in [1.165, 1.54) is 18.0 Å². The topological polar surface area (TPSA) is 88.0 Å². The summed E-state index contributed by atoms with van der Waals surface area (Å²) in [5.74, 6) is 0.183. The molecule has 4 rings (SSSR count). The molecule has 0 saturated carbocycles. The molecule has 0 aliphatic heterocycles. The van der Waals surface area contributed by atoms with Crippen molar-refractivity contribution in [2.45, 2.75) is 11.0 Å². The Morgan fingerprint density at radius 1 is 1.07 bits per heavy atom. The third-order valence-corrected chi connectivity index (χ3v) is 4.83. The van der Waals surface area contributed by atoms with E-state index in [1.54, 1.807) is 24.3 Å². The number of benzene rings is 2. The number of nitrogens with one attached hydrogen (secondary N) is 2. The Kier molecular flexibility index (Phi) is 4.76. The molecule has 0 radical (unpaired) electrons. The normalized spacial score (nSPS) is 10.8. The molecule has 2 heterocycles. The SMILES string of the molecule is O=C(Nc1ccc[nH]c1=O)c1ccccc1CSc1nc2ccccc2o1. The maximum atomic E-state index is 12.6. The molecule has 7 heteroatoms. The van der Waals surface area contributed by atoms with Crippen molar-refractivity contribution in [1.29, 1.82) is 0 Å². The van der Waals surface area contributed by atoms with Gasteiger partial charge in [-0.1, -0.05) is 42.1 Å². The Morgan fingerprint density at radius 2 is 1.89 bits per heavy atom. The number of carbonyl (C=O) groups is 1. The number of rotatable bonds is 5. The van der Waals surface area contributed by atoms with Gasteiger partial charge in [0.2, 0.25) is 0 Å².